The molecule has 0 aromatic heterocycles. The zero-order valence-corrected chi connectivity index (χ0v) is 9.53. The van der Waals surface area contributed by atoms with Gasteiger partial charge in [0.1, 0.15) is 0 Å². The quantitative estimate of drug-likeness (QED) is 0.639. The van der Waals surface area contributed by atoms with Gasteiger partial charge in [0.15, 0.2) is 0 Å². The Balaban J connectivity index is 1.87. The van der Waals surface area contributed by atoms with E-state index in [0.29, 0.717) is 0 Å². The maximum absolute atomic E-state index is 5.12. The molecule has 1 aliphatic heterocycles. The van der Waals surface area contributed by atoms with Crippen molar-refractivity contribution in [3.8, 4) is 0 Å². The molecule has 1 fully saturated rings. The molecule has 1 aliphatic rings. The molecule has 1 atom stereocenters. The van der Waals surface area contributed by atoms with Crippen molar-refractivity contribution < 1.29 is 4.74 Å². The van der Waals surface area contributed by atoms with Crippen LogP contribution in [0.1, 0.15) is 26.2 Å². The molecular weight excluding hydrogens is 182 g/mol. The fourth-order valence-electron chi connectivity index (χ4n) is 1.44. The molecule has 1 heterocycles. The summed E-state index contributed by atoms with van der Waals surface area (Å²) in [5.41, 5.74) is 0. The number of thioether (sulfide) groups is 1. The van der Waals surface area contributed by atoms with Crippen LogP contribution in [0.5, 0.6) is 0 Å². The summed E-state index contributed by atoms with van der Waals surface area (Å²) >= 11 is 2.07. The molecule has 1 saturated heterocycles. The number of rotatable bonds is 7. The SMILES string of the molecule is CCC(CCCSC1COC1)NC. The van der Waals surface area contributed by atoms with E-state index in [4.69, 9.17) is 4.74 Å². The lowest BCUT2D eigenvalue weighted by atomic mass is 10.1. The Bertz CT molecular complexity index is 124. The van der Waals surface area contributed by atoms with Gasteiger partial charge in [-0.05, 0) is 32.1 Å². The number of nitrogens with one attached hydrogen (secondary N) is 1. The van der Waals surface area contributed by atoms with Crippen LogP contribution in [0, 0.1) is 0 Å². The fourth-order valence-corrected chi connectivity index (χ4v) is 2.49. The average molecular weight is 203 g/mol. The van der Waals surface area contributed by atoms with Crippen molar-refractivity contribution in [3.63, 3.8) is 0 Å². The molecule has 0 aliphatic carbocycles. The van der Waals surface area contributed by atoms with Gasteiger partial charge in [0, 0.05) is 6.04 Å². The Morgan fingerprint density at radius 1 is 1.54 bits per heavy atom. The van der Waals surface area contributed by atoms with Crippen LogP contribution in [0.4, 0.5) is 0 Å². The molecule has 0 aromatic carbocycles. The Morgan fingerprint density at radius 3 is 2.77 bits per heavy atom. The topological polar surface area (TPSA) is 21.3 Å². The third-order valence-electron chi connectivity index (χ3n) is 2.56. The van der Waals surface area contributed by atoms with Crippen molar-refractivity contribution in [1.29, 1.82) is 0 Å². The van der Waals surface area contributed by atoms with Crippen LogP contribution in [-0.4, -0.2) is 37.3 Å². The highest BCUT2D eigenvalue weighted by molar-refractivity contribution is 8.00. The van der Waals surface area contributed by atoms with E-state index in [9.17, 15) is 0 Å². The van der Waals surface area contributed by atoms with Crippen LogP contribution in [-0.2, 0) is 4.74 Å². The Kier molecular flexibility index (Phi) is 5.83. The van der Waals surface area contributed by atoms with Gasteiger partial charge in [-0.3, -0.25) is 0 Å². The highest BCUT2D eigenvalue weighted by Crippen LogP contribution is 2.20. The van der Waals surface area contributed by atoms with Crippen molar-refractivity contribution >= 4 is 11.8 Å². The predicted octanol–water partition coefficient (Wildman–Crippen LogP) is 1.90. The van der Waals surface area contributed by atoms with Crippen LogP contribution >= 0.6 is 11.8 Å². The zero-order valence-electron chi connectivity index (χ0n) is 8.71. The molecular formula is C10H21NOS. The van der Waals surface area contributed by atoms with Crippen molar-refractivity contribution in [2.75, 3.05) is 26.0 Å². The summed E-state index contributed by atoms with van der Waals surface area (Å²) in [6.07, 6.45) is 3.89. The number of hydrogen-bond donors (Lipinski definition) is 1. The van der Waals surface area contributed by atoms with E-state index in [0.717, 1.165) is 24.5 Å². The second kappa shape index (κ2) is 6.68. The molecule has 13 heavy (non-hydrogen) atoms. The van der Waals surface area contributed by atoms with Crippen molar-refractivity contribution in [3.05, 3.63) is 0 Å². The minimum atomic E-state index is 0.721. The standard InChI is InChI=1S/C10H21NOS/c1-3-9(11-2)5-4-6-13-10-7-12-8-10/h9-11H,3-8H2,1-2H3. The van der Waals surface area contributed by atoms with E-state index >= 15 is 0 Å². The number of ether oxygens (including phenoxy) is 1. The fraction of sp³-hybridized carbons (Fsp3) is 1.00. The average Bonchev–Trinajstić information content (AvgIpc) is 2.08. The molecule has 1 unspecified atom stereocenters. The maximum atomic E-state index is 5.12. The molecule has 0 bridgehead atoms. The second-order valence-corrected chi connectivity index (χ2v) is 4.97. The first-order valence-electron chi connectivity index (χ1n) is 5.23. The highest BCUT2D eigenvalue weighted by Gasteiger charge is 2.17. The van der Waals surface area contributed by atoms with E-state index in [1.807, 2.05) is 0 Å². The van der Waals surface area contributed by atoms with Gasteiger partial charge in [-0.15, -0.1) is 0 Å². The normalized spacial score (nSPS) is 19.8. The van der Waals surface area contributed by atoms with Gasteiger partial charge >= 0.3 is 0 Å². The van der Waals surface area contributed by atoms with Gasteiger partial charge in [0.25, 0.3) is 0 Å². The molecule has 0 radical (unpaired) electrons. The molecule has 1 rings (SSSR count). The predicted molar refractivity (Wildman–Crippen MR) is 59.4 cm³/mol. The first kappa shape index (κ1) is 11.3. The van der Waals surface area contributed by atoms with Crippen LogP contribution in [0.25, 0.3) is 0 Å². The summed E-state index contributed by atoms with van der Waals surface area (Å²) in [5.74, 6) is 1.30. The molecule has 0 saturated carbocycles. The van der Waals surface area contributed by atoms with Gasteiger partial charge in [0.05, 0.1) is 18.5 Å². The van der Waals surface area contributed by atoms with E-state index in [1.165, 1.54) is 25.0 Å². The maximum Gasteiger partial charge on any atom is 0.0607 e. The van der Waals surface area contributed by atoms with Gasteiger partial charge in [0.2, 0.25) is 0 Å². The monoisotopic (exact) mass is 203 g/mol. The van der Waals surface area contributed by atoms with Gasteiger partial charge in [-0.2, -0.15) is 11.8 Å². The van der Waals surface area contributed by atoms with E-state index < -0.39 is 0 Å². The lowest BCUT2D eigenvalue weighted by molar-refractivity contribution is 0.0455. The minimum absolute atomic E-state index is 0.721. The van der Waals surface area contributed by atoms with Gasteiger partial charge in [-0.25, -0.2) is 0 Å². The summed E-state index contributed by atoms with van der Waals surface area (Å²) in [6.45, 7) is 4.20. The Hall–Kier alpha value is 0.270. The molecule has 1 N–H and O–H groups in total. The Morgan fingerprint density at radius 2 is 2.31 bits per heavy atom. The summed E-state index contributed by atoms with van der Waals surface area (Å²) < 4.78 is 5.12. The summed E-state index contributed by atoms with van der Waals surface area (Å²) in [6, 6.07) is 0.721. The van der Waals surface area contributed by atoms with Crippen molar-refractivity contribution in [2.45, 2.75) is 37.5 Å². The third kappa shape index (κ3) is 4.34. The van der Waals surface area contributed by atoms with Crippen molar-refractivity contribution in [2.24, 2.45) is 0 Å². The molecule has 78 valence electrons. The lowest BCUT2D eigenvalue weighted by Gasteiger charge is -2.25. The number of hydrogen-bond acceptors (Lipinski definition) is 3. The van der Waals surface area contributed by atoms with Crippen LogP contribution in [0.2, 0.25) is 0 Å². The van der Waals surface area contributed by atoms with Crippen LogP contribution in [0.3, 0.4) is 0 Å². The van der Waals surface area contributed by atoms with E-state index in [-0.39, 0.29) is 0 Å². The summed E-state index contributed by atoms with van der Waals surface area (Å²) in [4.78, 5) is 0. The molecule has 0 spiro atoms. The minimum Gasteiger partial charge on any atom is -0.379 e. The summed E-state index contributed by atoms with van der Waals surface area (Å²) in [5, 5.41) is 4.13. The van der Waals surface area contributed by atoms with Crippen LogP contribution in [0.15, 0.2) is 0 Å². The highest BCUT2D eigenvalue weighted by atomic mass is 32.2. The van der Waals surface area contributed by atoms with E-state index in [1.54, 1.807) is 0 Å². The molecule has 3 heteroatoms. The van der Waals surface area contributed by atoms with E-state index in [2.05, 4.69) is 31.1 Å². The van der Waals surface area contributed by atoms with Gasteiger partial charge < -0.3 is 10.1 Å². The third-order valence-corrected chi connectivity index (χ3v) is 3.83. The molecule has 0 amide bonds. The molecule has 2 nitrogen and oxygen atoms in total. The van der Waals surface area contributed by atoms with Crippen LogP contribution < -0.4 is 5.32 Å². The first-order valence-corrected chi connectivity index (χ1v) is 6.28. The lowest BCUT2D eigenvalue weighted by Crippen LogP contribution is -2.30. The smallest absolute Gasteiger partial charge is 0.0607 e. The summed E-state index contributed by atoms with van der Waals surface area (Å²) in [7, 11) is 2.06. The van der Waals surface area contributed by atoms with Crippen molar-refractivity contribution in [1.82, 2.24) is 5.32 Å². The largest absolute Gasteiger partial charge is 0.379 e. The first-order chi connectivity index (χ1) is 6.36. The Labute approximate surface area is 85.8 Å². The molecule has 0 aromatic rings. The zero-order chi connectivity index (χ0) is 9.52. The van der Waals surface area contributed by atoms with Gasteiger partial charge in [-0.1, -0.05) is 6.92 Å². The second-order valence-electron chi connectivity index (χ2n) is 3.57.